The average molecular weight is 703 g/mol. The molecule has 4 heterocycles. The van der Waals surface area contributed by atoms with Crippen LogP contribution in [0.15, 0.2) is 72.8 Å². The van der Waals surface area contributed by atoms with Gasteiger partial charge in [0.1, 0.15) is 5.60 Å². The maximum absolute atomic E-state index is 12.7. The Labute approximate surface area is 296 Å². The van der Waals surface area contributed by atoms with Gasteiger partial charge >= 0.3 is 6.09 Å². The lowest BCUT2D eigenvalue weighted by molar-refractivity contribution is 0.0635. The number of nitrogens with zero attached hydrogens (tertiary/aromatic N) is 2. The number of ether oxygens (including phenoxy) is 1. The van der Waals surface area contributed by atoms with Gasteiger partial charge in [0.05, 0.1) is 42.5 Å². The van der Waals surface area contributed by atoms with Crippen LogP contribution in [0.2, 0.25) is 0 Å². The molecule has 2 fully saturated rings. The molecule has 0 bridgehead atoms. The number of para-hydroxylation sites is 4. The molecule has 2 aliphatic heterocycles. The first-order valence-corrected chi connectivity index (χ1v) is 18.4. The Morgan fingerprint density at radius 3 is 1.51 bits per heavy atom. The molecular formula is C37H46N6O4S2. The first-order chi connectivity index (χ1) is 23.6. The summed E-state index contributed by atoms with van der Waals surface area (Å²) in [6.07, 6.45) is 6.89. The Morgan fingerprint density at radius 2 is 1.04 bits per heavy atom. The third-order valence-electron chi connectivity index (χ3n) is 7.99. The van der Waals surface area contributed by atoms with Crippen molar-refractivity contribution in [2.45, 2.75) is 64.9 Å². The molecule has 10 nitrogen and oxygen atoms in total. The van der Waals surface area contributed by atoms with E-state index in [1.54, 1.807) is 56.4 Å². The third-order valence-corrected chi connectivity index (χ3v) is 10.3. The van der Waals surface area contributed by atoms with Crippen LogP contribution in [0.5, 0.6) is 0 Å². The Hall–Kier alpha value is -4.55. The van der Waals surface area contributed by atoms with Gasteiger partial charge in [-0.05, 0) is 108 Å². The maximum atomic E-state index is 12.7. The lowest BCUT2D eigenvalue weighted by atomic mass is 10.1. The smallest absolute Gasteiger partial charge is 0.412 e. The number of piperidine rings is 2. The Morgan fingerprint density at radius 1 is 0.612 bits per heavy atom. The van der Waals surface area contributed by atoms with E-state index in [0.717, 1.165) is 36.1 Å². The Kier molecular flexibility index (Phi) is 12.2. The number of benzene rings is 2. The predicted molar refractivity (Wildman–Crippen MR) is 204 cm³/mol. The summed E-state index contributed by atoms with van der Waals surface area (Å²) in [5, 5.41) is 10.8. The van der Waals surface area contributed by atoms with E-state index in [1.807, 2.05) is 48.5 Å². The molecule has 5 N–H and O–H groups in total. The van der Waals surface area contributed by atoms with Crippen molar-refractivity contribution in [3.8, 4) is 0 Å². The van der Waals surface area contributed by atoms with E-state index in [9.17, 15) is 14.4 Å². The van der Waals surface area contributed by atoms with Gasteiger partial charge < -0.3 is 30.9 Å². The molecule has 6 rings (SSSR count). The van der Waals surface area contributed by atoms with Gasteiger partial charge in [0.25, 0.3) is 11.8 Å². The van der Waals surface area contributed by atoms with E-state index in [2.05, 4.69) is 25.8 Å². The van der Waals surface area contributed by atoms with E-state index in [-0.39, 0.29) is 11.8 Å². The number of nitrogens with two attached hydrogens (primary N) is 1. The SMILES string of the molecule is CC(C)(C)OC(=O)Nc1ccccc1NC(=O)c1ccc(N2CCCCC2)s1.Nc1ccccc1NC(=O)c1ccc(N2CCCCC2)s1. The number of carbonyl (C=O) groups excluding carboxylic acids is 3. The van der Waals surface area contributed by atoms with E-state index in [0.29, 0.717) is 27.6 Å². The molecule has 260 valence electrons. The summed E-state index contributed by atoms with van der Waals surface area (Å²) in [4.78, 5) is 43.1. The quantitative estimate of drug-likeness (QED) is 0.142. The molecule has 12 heteroatoms. The molecule has 0 radical (unpaired) electrons. The van der Waals surface area contributed by atoms with Crippen molar-refractivity contribution in [1.29, 1.82) is 0 Å². The van der Waals surface area contributed by atoms with Gasteiger partial charge in [-0.2, -0.15) is 0 Å². The number of hydrogen-bond acceptors (Lipinski definition) is 9. The van der Waals surface area contributed by atoms with E-state index in [4.69, 9.17) is 10.5 Å². The molecule has 0 saturated carbocycles. The van der Waals surface area contributed by atoms with Crippen molar-refractivity contribution in [1.82, 2.24) is 0 Å². The fourth-order valence-corrected chi connectivity index (χ4v) is 7.47. The van der Waals surface area contributed by atoms with E-state index in [1.165, 1.54) is 54.9 Å². The minimum atomic E-state index is -0.593. The molecule has 0 unspecified atom stereocenters. The summed E-state index contributed by atoms with van der Waals surface area (Å²) in [7, 11) is 0. The van der Waals surface area contributed by atoms with Gasteiger partial charge in [-0.1, -0.05) is 24.3 Å². The second-order valence-corrected chi connectivity index (χ2v) is 15.2. The van der Waals surface area contributed by atoms with Crippen molar-refractivity contribution in [2.75, 3.05) is 57.7 Å². The molecule has 0 spiro atoms. The molecule has 4 aromatic rings. The molecule has 0 atom stereocenters. The summed E-state index contributed by atoms with van der Waals surface area (Å²) >= 11 is 3.04. The first kappa shape index (κ1) is 35.7. The topological polar surface area (TPSA) is 129 Å². The largest absolute Gasteiger partial charge is 0.444 e. The molecule has 49 heavy (non-hydrogen) atoms. The van der Waals surface area contributed by atoms with Gasteiger partial charge in [-0.15, -0.1) is 22.7 Å². The molecule has 2 aromatic heterocycles. The zero-order valence-corrected chi connectivity index (χ0v) is 30.1. The number of hydrogen-bond donors (Lipinski definition) is 4. The van der Waals surface area contributed by atoms with Gasteiger partial charge in [0, 0.05) is 26.2 Å². The van der Waals surface area contributed by atoms with Crippen LogP contribution >= 0.6 is 22.7 Å². The van der Waals surface area contributed by atoms with Crippen molar-refractivity contribution in [2.24, 2.45) is 0 Å². The zero-order valence-electron chi connectivity index (χ0n) is 28.4. The van der Waals surface area contributed by atoms with Crippen LogP contribution in [-0.4, -0.2) is 49.7 Å². The van der Waals surface area contributed by atoms with Crippen LogP contribution in [0.25, 0.3) is 0 Å². The van der Waals surface area contributed by atoms with E-state index < -0.39 is 11.7 Å². The van der Waals surface area contributed by atoms with Gasteiger partial charge in [0.15, 0.2) is 0 Å². The second-order valence-electron chi connectivity index (χ2n) is 13.0. The maximum Gasteiger partial charge on any atom is 0.412 e. The van der Waals surface area contributed by atoms with Gasteiger partial charge in [-0.3, -0.25) is 14.9 Å². The predicted octanol–water partition coefficient (Wildman–Crippen LogP) is 8.91. The lowest BCUT2D eigenvalue weighted by Gasteiger charge is -2.27. The molecule has 0 aliphatic carbocycles. The van der Waals surface area contributed by atoms with E-state index >= 15 is 0 Å². The summed E-state index contributed by atoms with van der Waals surface area (Å²) in [6.45, 7) is 9.68. The van der Waals surface area contributed by atoms with Crippen molar-refractivity contribution >= 4 is 73.3 Å². The summed E-state index contributed by atoms with van der Waals surface area (Å²) in [6, 6.07) is 22.2. The van der Waals surface area contributed by atoms with Crippen LogP contribution in [0.3, 0.4) is 0 Å². The normalized spacial score (nSPS) is 14.7. The number of nitrogens with one attached hydrogen (secondary N) is 3. The van der Waals surface area contributed by atoms with Crippen molar-refractivity contribution in [3.05, 3.63) is 82.6 Å². The number of carbonyl (C=O) groups is 3. The highest BCUT2D eigenvalue weighted by Crippen LogP contribution is 2.31. The van der Waals surface area contributed by atoms with Crippen LogP contribution in [0.4, 0.5) is 37.5 Å². The number of amides is 3. The van der Waals surface area contributed by atoms with Gasteiger partial charge in [0.2, 0.25) is 0 Å². The highest BCUT2D eigenvalue weighted by molar-refractivity contribution is 7.18. The van der Waals surface area contributed by atoms with Gasteiger partial charge in [-0.25, -0.2) is 4.79 Å². The molecule has 2 aliphatic rings. The fourth-order valence-electron chi connectivity index (χ4n) is 5.56. The second kappa shape index (κ2) is 16.7. The molecule has 2 aromatic carbocycles. The highest BCUT2D eigenvalue weighted by Gasteiger charge is 2.20. The molecule has 2 saturated heterocycles. The molecular weight excluding hydrogens is 657 g/mol. The Balaban J connectivity index is 0.000000199. The van der Waals surface area contributed by atoms with Crippen molar-refractivity contribution in [3.63, 3.8) is 0 Å². The van der Waals surface area contributed by atoms with Crippen LogP contribution in [0.1, 0.15) is 78.6 Å². The number of rotatable bonds is 7. The highest BCUT2D eigenvalue weighted by atomic mass is 32.1. The standard InChI is InChI=1S/C21H27N3O3S.C16H19N3OS/c1-21(2,3)27-20(26)23-16-10-6-5-9-15(16)22-19(25)17-11-12-18(28-17)24-13-7-4-8-14-24;17-12-6-2-3-7-13(12)18-16(20)14-8-9-15(21-14)19-10-4-1-5-11-19/h5-6,9-12H,4,7-8,13-14H2,1-3H3,(H,22,25)(H,23,26);2-3,6-9H,1,4-5,10-11,17H2,(H,18,20). The van der Waals surface area contributed by atoms with Crippen LogP contribution in [-0.2, 0) is 4.74 Å². The molecule has 3 amide bonds. The number of thiophene rings is 2. The Bertz CT molecular complexity index is 1720. The minimum Gasteiger partial charge on any atom is -0.444 e. The average Bonchev–Trinajstić information content (AvgIpc) is 3.79. The van der Waals surface area contributed by atoms with Crippen LogP contribution in [0, 0.1) is 0 Å². The lowest BCUT2D eigenvalue weighted by Crippen LogP contribution is -2.28. The number of nitrogen functional groups attached to an aromatic ring is 1. The summed E-state index contributed by atoms with van der Waals surface area (Å²) in [5.74, 6) is -0.284. The fraction of sp³-hybridized carbons (Fsp3) is 0.378. The number of anilines is 6. The van der Waals surface area contributed by atoms with Crippen molar-refractivity contribution < 1.29 is 19.1 Å². The summed E-state index contributed by atoms with van der Waals surface area (Å²) < 4.78 is 5.29. The summed E-state index contributed by atoms with van der Waals surface area (Å²) in [5.41, 5.74) is 7.53. The third kappa shape index (κ3) is 10.5. The van der Waals surface area contributed by atoms with Crippen LogP contribution < -0.4 is 31.5 Å². The minimum absolute atomic E-state index is 0.0961. The zero-order chi connectivity index (χ0) is 34.8. The first-order valence-electron chi connectivity index (χ1n) is 16.8. The monoisotopic (exact) mass is 702 g/mol.